The number of hydrogen-bond acceptors (Lipinski definition) is 3. The maximum Gasteiger partial charge on any atom is 0.336 e. The Labute approximate surface area is 99.5 Å². The van der Waals surface area contributed by atoms with Crippen LogP contribution in [0.25, 0.3) is 0 Å². The molecule has 2 N–H and O–H groups in total. The first kappa shape index (κ1) is 11.6. The van der Waals surface area contributed by atoms with E-state index >= 15 is 0 Å². The highest BCUT2D eigenvalue weighted by atomic mass is 32.1. The third-order valence-corrected chi connectivity index (χ3v) is 4.44. The summed E-state index contributed by atoms with van der Waals surface area (Å²) in [5.74, 6) is -0.315. The number of piperidine rings is 1. The lowest BCUT2D eigenvalue weighted by atomic mass is 9.94. The zero-order valence-corrected chi connectivity index (χ0v) is 10.4. The fourth-order valence-electron chi connectivity index (χ4n) is 2.16. The Morgan fingerprint density at radius 1 is 1.56 bits per heavy atom. The molecule has 16 heavy (non-hydrogen) atoms. The van der Waals surface area contributed by atoms with Crippen molar-refractivity contribution in [3.8, 4) is 0 Å². The molecule has 2 rings (SSSR count). The lowest BCUT2D eigenvalue weighted by molar-refractivity contribution is 0.0696. The quantitative estimate of drug-likeness (QED) is 0.834. The summed E-state index contributed by atoms with van der Waals surface area (Å²) in [5, 5.41) is 12.5. The number of rotatable bonds is 2. The summed E-state index contributed by atoms with van der Waals surface area (Å²) in [4.78, 5) is 13.1. The molecule has 0 amide bonds. The summed E-state index contributed by atoms with van der Waals surface area (Å²) in [6, 6.07) is 2.45. The maximum absolute atomic E-state index is 11.0. The molecule has 1 fully saturated rings. The van der Waals surface area contributed by atoms with Gasteiger partial charge in [-0.1, -0.05) is 0 Å². The van der Waals surface area contributed by atoms with Crippen LogP contribution in [0.1, 0.15) is 45.8 Å². The first-order chi connectivity index (χ1) is 7.58. The number of aromatic carboxylic acids is 1. The molecule has 2 heterocycles. The third-order valence-electron chi connectivity index (χ3n) is 3.23. The third kappa shape index (κ3) is 2.28. The zero-order chi connectivity index (χ0) is 11.7. The van der Waals surface area contributed by atoms with Crippen LogP contribution in [0.5, 0.6) is 0 Å². The molecule has 0 radical (unpaired) electrons. The van der Waals surface area contributed by atoms with Crippen molar-refractivity contribution in [3.63, 3.8) is 0 Å². The van der Waals surface area contributed by atoms with Gasteiger partial charge in [-0.3, -0.25) is 0 Å². The Morgan fingerprint density at radius 2 is 2.31 bits per heavy atom. The van der Waals surface area contributed by atoms with Gasteiger partial charge in [0.15, 0.2) is 0 Å². The Morgan fingerprint density at radius 3 is 2.81 bits per heavy atom. The number of carbonyl (C=O) groups is 1. The fourth-order valence-corrected chi connectivity index (χ4v) is 3.31. The van der Waals surface area contributed by atoms with E-state index in [2.05, 4.69) is 12.2 Å². The Kier molecular flexibility index (Phi) is 3.30. The smallest absolute Gasteiger partial charge is 0.336 e. The van der Waals surface area contributed by atoms with Gasteiger partial charge >= 0.3 is 5.97 Å². The Hall–Kier alpha value is -0.870. The van der Waals surface area contributed by atoms with Crippen molar-refractivity contribution >= 4 is 17.3 Å². The summed E-state index contributed by atoms with van der Waals surface area (Å²) in [6.07, 6.45) is 2.33. The van der Waals surface area contributed by atoms with Crippen LogP contribution in [-0.2, 0) is 0 Å². The van der Waals surface area contributed by atoms with Crippen LogP contribution < -0.4 is 5.32 Å². The van der Waals surface area contributed by atoms with E-state index in [1.54, 1.807) is 11.3 Å². The van der Waals surface area contributed by atoms with Crippen molar-refractivity contribution < 1.29 is 9.90 Å². The van der Waals surface area contributed by atoms with Crippen molar-refractivity contribution in [2.75, 3.05) is 6.54 Å². The van der Waals surface area contributed by atoms with Crippen molar-refractivity contribution in [1.29, 1.82) is 0 Å². The lowest BCUT2D eigenvalue weighted by Gasteiger charge is -2.26. The molecule has 88 valence electrons. The van der Waals surface area contributed by atoms with Crippen molar-refractivity contribution in [3.05, 3.63) is 21.4 Å². The summed E-state index contributed by atoms with van der Waals surface area (Å²) in [7, 11) is 0. The molecule has 4 heteroatoms. The zero-order valence-electron chi connectivity index (χ0n) is 9.62. The highest BCUT2D eigenvalue weighted by Gasteiger charge is 2.22. The monoisotopic (exact) mass is 239 g/mol. The van der Waals surface area contributed by atoms with Gasteiger partial charge in [0.1, 0.15) is 0 Å². The predicted molar refractivity (Wildman–Crippen MR) is 65.5 cm³/mol. The van der Waals surface area contributed by atoms with Gasteiger partial charge in [-0.2, -0.15) is 0 Å². The van der Waals surface area contributed by atoms with E-state index < -0.39 is 5.97 Å². The van der Waals surface area contributed by atoms with Crippen LogP contribution in [0.2, 0.25) is 0 Å². The summed E-state index contributed by atoms with van der Waals surface area (Å²) in [6.45, 7) is 5.05. The second-order valence-corrected chi connectivity index (χ2v) is 5.80. The van der Waals surface area contributed by atoms with Gasteiger partial charge < -0.3 is 10.4 Å². The first-order valence-electron chi connectivity index (χ1n) is 5.65. The van der Waals surface area contributed by atoms with Gasteiger partial charge in [-0.05, 0) is 32.8 Å². The number of hydrogen-bond donors (Lipinski definition) is 2. The van der Waals surface area contributed by atoms with E-state index in [1.807, 2.05) is 13.0 Å². The SMILES string of the molecule is Cc1sc(C2CCC(C)NC2)cc1C(=O)O. The average molecular weight is 239 g/mol. The molecule has 1 saturated heterocycles. The van der Waals surface area contributed by atoms with E-state index in [0.717, 1.165) is 17.8 Å². The molecule has 1 aromatic rings. The van der Waals surface area contributed by atoms with E-state index in [0.29, 0.717) is 17.5 Å². The van der Waals surface area contributed by atoms with Crippen molar-refractivity contribution in [2.45, 2.75) is 38.6 Å². The number of carboxylic acid groups (broad SMARTS) is 1. The molecule has 0 saturated carbocycles. The van der Waals surface area contributed by atoms with Crippen molar-refractivity contribution in [2.24, 2.45) is 0 Å². The number of aryl methyl sites for hydroxylation is 1. The summed E-state index contributed by atoms with van der Waals surface area (Å²) >= 11 is 1.63. The van der Waals surface area contributed by atoms with Gasteiger partial charge in [0.05, 0.1) is 5.56 Å². The first-order valence-corrected chi connectivity index (χ1v) is 6.46. The van der Waals surface area contributed by atoms with Gasteiger partial charge in [0.2, 0.25) is 0 Å². The number of carboxylic acids is 1. The second-order valence-electron chi connectivity index (χ2n) is 4.51. The largest absolute Gasteiger partial charge is 0.478 e. The molecule has 1 aliphatic heterocycles. The van der Waals surface area contributed by atoms with Crippen molar-refractivity contribution in [1.82, 2.24) is 5.32 Å². The van der Waals surface area contributed by atoms with Gasteiger partial charge in [0.25, 0.3) is 0 Å². The van der Waals surface area contributed by atoms with Crippen LogP contribution >= 0.6 is 11.3 Å². The minimum absolute atomic E-state index is 0.471. The lowest BCUT2D eigenvalue weighted by Crippen LogP contribution is -2.35. The van der Waals surface area contributed by atoms with Crippen LogP contribution in [0, 0.1) is 6.92 Å². The normalized spacial score (nSPS) is 25.6. The van der Waals surface area contributed by atoms with Crippen LogP contribution in [0.4, 0.5) is 0 Å². The number of nitrogens with one attached hydrogen (secondary N) is 1. The highest BCUT2D eigenvalue weighted by molar-refractivity contribution is 7.12. The molecule has 0 bridgehead atoms. The van der Waals surface area contributed by atoms with E-state index in [4.69, 9.17) is 5.11 Å². The van der Waals surface area contributed by atoms with Crippen LogP contribution in [0.15, 0.2) is 6.07 Å². The van der Waals surface area contributed by atoms with E-state index in [-0.39, 0.29) is 0 Å². The standard InChI is InChI=1S/C12H17NO2S/c1-7-3-4-9(6-13-7)11-5-10(12(14)15)8(2)16-11/h5,7,9,13H,3-4,6H2,1-2H3,(H,14,15). The average Bonchev–Trinajstić information content (AvgIpc) is 2.61. The van der Waals surface area contributed by atoms with Gasteiger partial charge in [0, 0.05) is 28.3 Å². The highest BCUT2D eigenvalue weighted by Crippen LogP contribution is 2.32. The maximum atomic E-state index is 11.0. The van der Waals surface area contributed by atoms with Gasteiger partial charge in [-0.15, -0.1) is 11.3 Å². The molecular formula is C12H17NO2S. The fraction of sp³-hybridized carbons (Fsp3) is 0.583. The van der Waals surface area contributed by atoms with Gasteiger partial charge in [-0.25, -0.2) is 4.79 Å². The minimum atomic E-state index is -0.808. The van der Waals surface area contributed by atoms with E-state index in [1.165, 1.54) is 11.3 Å². The Bertz CT molecular complexity index is 392. The molecule has 0 aromatic carbocycles. The second kappa shape index (κ2) is 4.55. The Balaban J connectivity index is 2.15. The van der Waals surface area contributed by atoms with Crippen LogP contribution in [-0.4, -0.2) is 23.7 Å². The molecule has 2 atom stereocenters. The minimum Gasteiger partial charge on any atom is -0.478 e. The molecule has 2 unspecified atom stereocenters. The van der Waals surface area contributed by atoms with Crippen LogP contribution in [0.3, 0.4) is 0 Å². The molecule has 1 aliphatic rings. The topological polar surface area (TPSA) is 49.3 Å². The number of thiophene rings is 1. The summed E-state index contributed by atoms with van der Waals surface area (Å²) in [5.41, 5.74) is 0.471. The molecule has 0 spiro atoms. The molecular weight excluding hydrogens is 222 g/mol. The summed E-state index contributed by atoms with van der Waals surface area (Å²) < 4.78 is 0. The molecule has 3 nitrogen and oxygen atoms in total. The molecule has 0 aliphatic carbocycles. The predicted octanol–water partition coefficient (Wildman–Crippen LogP) is 2.61. The van der Waals surface area contributed by atoms with E-state index in [9.17, 15) is 4.79 Å². The molecule has 1 aromatic heterocycles.